The monoisotopic (exact) mass is 326 g/mol. The largest absolute Gasteiger partial charge is 0.496 e. The van der Waals surface area contributed by atoms with E-state index in [-0.39, 0.29) is 36.6 Å². The Hall–Kier alpha value is -1.59. The summed E-state index contributed by atoms with van der Waals surface area (Å²) in [6, 6.07) is 5.20. The van der Waals surface area contributed by atoms with Crippen LogP contribution < -0.4 is 15.8 Å². The first-order valence-corrected chi connectivity index (χ1v) is 7.22. The Bertz CT molecular complexity index is 544. The Morgan fingerprint density at radius 1 is 1.41 bits per heavy atom. The number of benzene rings is 1. The maximum atomic E-state index is 12.2. The van der Waals surface area contributed by atoms with Crippen molar-refractivity contribution < 1.29 is 14.3 Å². The molecule has 0 saturated heterocycles. The maximum absolute atomic E-state index is 12.2. The van der Waals surface area contributed by atoms with Crippen LogP contribution in [0.5, 0.6) is 5.75 Å². The average Bonchev–Trinajstić information content (AvgIpc) is 3.29. The molecule has 0 heterocycles. The zero-order valence-corrected chi connectivity index (χ0v) is 13.7. The van der Waals surface area contributed by atoms with Gasteiger partial charge in [-0.3, -0.25) is 9.59 Å². The molecular formula is C16H23ClN2O3. The summed E-state index contributed by atoms with van der Waals surface area (Å²) < 4.78 is 5.26. The van der Waals surface area contributed by atoms with Crippen molar-refractivity contribution in [3.8, 4) is 5.75 Å². The molecule has 0 aliphatic heterocycles. The molecule has 0 aromatic heterocycles. The van der Waals surface area contributed by atoms with E-state index in [1.165, 1.54) is 6.92 Å². The Morgan fingerprint density at radius 2 is 2.09 bits per heavy atom. The average molecular weight is 327 g/mol. The molecule has 1 atom stereocenters. The standard InChI is InChI=1S/C16H22N2O3.ClH/c1-10(19)12-5-6-15(21-2)13(7-12)8-16(20)18-14(9-17)11-3-4-11;/h5-7,11,14H,3-4,8-9,17H2,1-2H3,(H,18,20);1H. The van der Waals surface area contributed by atoms with Crippen LogP contribution in [0.4, 0.5) is 0 Å². The van der Waals surface area contributed by atoms with Gasteiger partial charge in [0.15, 0.2) is 5.78 Å². The SMILES string of the molecule is COc1ccc(C(C)=O)cc1CC(=O)NC(CN)C1CC1.Cl. The first-order valence-electron chi connectivity index (χ1n) is 7.22. The lowest BCUT2D eigenvalue weighted by atomic mass is 10.0. The third kappa shape index (κ3) is 4.71. The predicted octanol–water partition coefficient (Wildman–Crippen LogP) is 1.72. The van der Waals surface area contributed by atoms with E-state index in [1.54, 1.807) is 25.3 Å². The smallest absolute Gasteiger partial charge is 0.224 e. The van der Waals surface area contributed by atoms with Crippen LogP contribution in [0, 0.1) is 5.92 Å². The lowest BCUT2D eigenvalue weighted by molar-refractivity contribution is -0.121. The summed E-state index contributed by atoms with van der Waals surface area (Å²) in [5.74, 6) is 1.02. The number of ether oxygens (including phenoxy) is 1. The highest BCUT2D eigenvalue weighted by molar-refractivity contribution is 5.94. The summed E-state index contributed by atoms with van der Waals surface area (Å²) in [4.78, 5) is 23.6. The van der Waals surface area contributed by atoms with Crippen LogP contribution in [-0.2, 0) is 11.2 Å². The number of halogens is 1. The van der Waals surface area contributed by atoms with Crippen molar-refractivity contribution in [2.75, 3.05) is 13.7 Å². The van der Waals surface area contributed by atoms with Crippen molar-refractivity contribution in [1.29, 1.82) is 0 Å². The Labute approximate surface area is 137 Å². The van der Waals surface area contributed by atoms with Crippen molar-refractivity contribution in [3.63, 3.8) is 0 Å². The summed E-state index contributed by atoms with van der Waals surface area (Å²) in [5, 5.41) is 2.97. The highest BCUT2D eigenvalue weighted by atomic mass is 35.5. The highest BCUT2D eigenvalue weighted by Gasteiger charge is 2.31. The molecule has 1 unspecified atom stereocenters. The minimum absolute atomic E-state index is 0. The normalized spacial score (nSPS) is 14.7. The van der Waals surface area contributed by atoms with Crippen molar-refractivity contribution in [1.82, 2.24) is 5.32 Å². The number of nitrogens with two attached hydrogens (primary N) is 1. The van der Waals surface area contributed by atoms with E-state index in [0.717, 1.165) is 12.8 Å². The summed E-state index contributed by atoms with van der Waals surface area (Å²) in [7, 11) is 1.55. The van der Waals surface area contributed by atoms with Crippen molar-refractivity contribution in [3.05, 3.63) is 29.3 Å². The molecule has 0 bridgehead atoms. The molecule has 6 heteroatoms. The van der Waals surface area contributed by atoms with Crippen molar-refractivity contribution in [2.24, 2.45) is 11.7 Å². The number of hydrogen-bond acceptors (Lipinski definition) is 4. The topological polar surface area (TPSA) is 81.4 Å². The van der Waals surface area contributed by atoms with E-state index in [9.17, 15) is 9.59 Å². The fourth-order valence-corrected chi connectivity index (χ4v) is 2.43. The molecule has 1 fully saturated rings. The lowest BCUT2D eigenvalue weighted by Gasteiger charge is -2.17. The second-order valence-electron chi connectivity index (χ2n) is 5.51. The summed E-state index contributed by atoms with van der Waals surface area (Å²) in [5.41, 5.74) is 6.99. The maximum Gasteiger partial charge on any atom is 0.224 e. The van der Waals surface area contributed by atoms with Crippen LogP contribution >= 0.6 is 12.4 Å². The molecule has 1 amide bonds. The quantitative estimate of drug-likeness (QED) is 0.747. The van der Waals surface area contributed by atoms with Crippen molar-refractivity contribution >= 4 is 24.1 Å². The van der Waals surface area contributed by atoms with E-state index < -0.39 is 0 Å². The van der Waals surface area contributed by atoms with Gasteiger partial charge in [-0.05, 0) is 43.9 Å². The van der Waals surface area contributed by atoms with Gasteiger partial charge in [-0.2, -0.15) is 0 Å². The number of ketones is 1. The molecule has 22 heavy (non-hydrogen) atoms. The number of nitrogens with one attached hydrogen (secondary N) is 1. The predicted molar refractivity (Wildman–Crippen MR) is 87.7 cm³/mol. The molecule has 0 radical (unpaired) electrons. The molecule has 1 aliphatic carbocycles. The van der Waals surface area contributed by atoms with Gasteiger partial charge >= 0.3 is 0 Å². The molecular weight excluding hydrogens is 304 g/mol. The molecule has 3 N–H and O–H groups in total. The first-order chi connectivity index (χ1) is 10.0. The van der Waals surface area contributed by atoms with E-state index in [1.807, 2.05) is 0 Å². The van der Waals surface area contributed by atoms with Gasteiger partial charge in [-0.1, -0.05) is 0 Å². The molecule has 1 aliphatic rings. The van der Waals surface area contributed by atoms with Gasteiger partial charge in [0.1, 0.15) is 5.75 Å². The lowest BCUT2D eigenvalue weighted by Crippen LogP contribution is -2.42. The van der Waals surface area contributed by atoms with Crippen LogP contribution in [0.15, 0.2) is 18.2 Å². The number of methoxy groups -OCH3 is 1. The highest BCUT2D eigenvalue weighted by Crippen LogP contribution is 2.32. The first kappa shape index (κ1) is 18.5. The minimum Gasteiger partial charge on any atom is -0.496 e. The van der Waals surface area contributed by atoms with Crippen LogP contribution in [0.1, 0.15) is 35.7 Å². The van der Waals surface area contributed by atoms with Crippen molar-refractivity contribution in [2.45, 2.75) is 32.2 Å². The summed E-state index contributed by atoms with van der Waals surface area (Å²) in [6.45, 7) is 1.96. The minimum atomic E-state index is -0.0867. The third-order valence-corrected chi connectivity index (χ3v) is 3.83. The summed E-state index contributed by atoms with van der Waals surface area (Å²) >= 11 is 0. The van der Waals surface area contributed by atoms with E-state index in [2.05, 4.69) is 5.32 Å². The second-order valence-corrected chi connectivity index (χ2v) is 5.51. The molecule has 0 spiro atoms. The molecule has 1 saturated carbocycles. The van der Waals surface area contributed by atoms with Gasteiger partial charge in [-0.15, -0.1) is 12.4 Å². The van der Waals surface area contributed by atoms with Crippen LogP contribution in [0.2, 0.25) is 0 Å². The van der Waals surface area contributed by atoms with E-state index in [4.69, 9.17) is 10.5 Å². The zero-order chi connectivity index (χ0) is 15.4. The molecule has 1 aromatic carbocycles. The number of amides is 1. The Morgan fingerprint density at radius 3 is 2.59 bits per heavy atom. The van der Waals surface area contributed by atoms with Gasteiger partial charge in [-0.25, -0.2) is 0 Å². The fourth-order valence-electron chi connectivity index (χ4n) is 2.43. The number of Topliss-reactive ketones (excluding diaryl/α,β-unsaturated/α-hetero) is 1. The van der Waals surface area contributed by atoms with E-state index >= 15 is 0 Å². The third-order valence-electron chi connectivity index (χ3n) is 3.83. The van der Waals surface area contributed by atoms with Crippen LogP contribution in [0.3, 0.4) is 0 Å². The number of carbonyl (C=O) groups is 2. The van der Waals surface area contributed by atoms with Crippen LogP contribution in [0.25, 0.3) is 0 Å². The fraction of sp³-hybridized carbons (Fsp3) is 0.500. The van der Waals surface area contributed by atoms with Crippen LogP contribution in [-0.4, -0.2) is 31.4 Å². The second kappa shape index (κ2) is 8.15. The number of rotatable bonds is 7. The molecule has 5 nitrogen and oxygen atoms in total. The molecule has 1 aromatic rings. The number of carbonyl (C=O) groups excluding carboxylic acids is 2. The Balaban J connectivity index is 0.00000242. The molecule has 122 valence electrons. The zero-order valence-electron chi connectivity index (χ0n) is 12.9. The van der Waals surface area contributed by atoms with E-state index in [0.29, 0.717) is 29.3 Å². The molecule has 2 rings (SSSR count). The van der Waals surface area contributed by atoms with Gasteiger partial charge in [0.2, 0.25) is 5.91 Å². The van der Waals surface area contributed by atoms with Gasteiger partial charge in [0.05, 0.1) is 13.5 Å². The van der Waals surface area contributed by atoms with Gasteiger partial charge in [0.25, 0.3) is 0 Å². The van der Waals surface area contributed by atoms with Gasteiger partial charge in [0, 0.05) is 23.7 Å². The number of hydrogen-bond donors (Lipinski definition) is 2. The Kier molecular flexibility index (Phi) is 6.84. The van der Waals surface area contributed by atoms with Gasteiger partial charge < -0.3 is 15.8 Å². The summed E-state index contributed by atoms with van der Waals surface area (Å²) in [6.07, 6.45) is 2.45.